The molecule has 3 atom stereocenters. The smallest absolute Gasteiger partial charge is 0.352 e. The van der Waals surface area contributed by atoms with E-state index in [1.54, 1.807) is 0 Å². The molecule has 1 aromatic heterocycles. The molecular weight excluding hydrogens is 270 g/mol. The number of carbonyl (C=O) groups excluding carboxylic acids is 1. The SMILES string of the molecule is CC(=O)Nc1ccn([C@@]2(CO)OC[C@@H](O)[C@@H]2O)c(=O)n1. The standard InChI is InChI=1S/C11H15N3O6/c1-6(16)12-8-2-3-14(10(19)13-8)11(5-15)9(18)7(17)4-20-11/h2-3,7,9,15,17-18H,4-5H2,1H3,(H,12,13,16,19)/t7-,9+,11+/m1/s1. The molecule has 0 saturated carbocycles. The van der Waals surface area contributed by atoms with Gasteiger partial charge in [-0.1, -0.05) is 0 Å². The maximum absolute atomic E-state index is 11.9. The Hall–Kier alpha value is -1.81. The molecule has 0 radical (unpaired) electrons. The molecular formula is C11H15N3O6. The molecule has 1 fully saturated rings. The lowest BCUT2D eigenvalue weighted by atomic mass is 10.1. The highest BCUT2D eigenvalue weighted by molar-refractivity contribution is 5.87. The molecule has 1 aliphatic rings. The van der Waals surface area contributed by atoms with E-state index < -0.39 is 30.2 Å². The van der Waals surface area contributed by atoms with Gasteiger partial charge in [-0.05, 0) is 6.07 Å². The highest BCUT2D eigenvalue weighted by Crippen LogP contribution is 2.30. The first-order valence-electron chi connectivity index (χ1n) is 5.89. The van der Waals surface area contributed by atoms with Crippen LogP contribution < -0.4 is 11.0 Å². The number of ether oxygens (including phenoxy) is 1. The topological polar surface area (TPSA) is 134 Å². The molecule has 9 heteroatoms. The first-order valence-corrected chi connectivity index (χ1v) is 5.89. The fraction of sp³-hybridized carbons (Fsp3) is 0.545. The summed E-state index contributed by atoms with van der Waals surface area (Å²) in [6.45, 7) is 0.330. The number of aliphatic hydroxyl groups is 3. The second-order valence-electron chi connectivity index (χ2n) is 4.47. The van der Waals surface area contributed by atoms with Gasteiger partial charge in [0.05, 0.1) is 13.2 Å². The number of nitrogens with zero attached hydrogens (tertiary/aromatic N) is 2. The van der Waals surface area contributed by atoms with Crippen molar-refractivity contribution in [2.45, 2.75) is 24.9 Å². The van der Waals surface area contributed by atoms with Crippen LogP contribution in [0, 0.1) is 0 Å². The summed E-state index contributed by atoms with van der Waals surface area (Å²) >= 11 is 0. The van der Waals surface area contributed by atoms with Gasteiger partial charge in [0.15, 0.2) is 0 Å². The van der Waals surface area contributed by atoms with Crippen LogP contribution in [0.3, 0.4) is 0 Å². The Morgan fingerprint density at radius 3 is 2.80 bits per heavy atom. The van der Waals surface area contributed by atoms with Crippen LogP contribution in [0.25, 0.3) is 0 Å². The molecule has 2 rings (SSSR count). The second kappa shape index (κ2) is 5.29. The monoisotopic (exact) mass is 285 g/mol. The van der Waals surface area contributed by atoms with E-state index in [1.807, 2.05) is 0 Å². The van der Waals surface area contributed by atoms with Crippen LogP contribution in [-0.2, 0) is 15.3 Å². The average molecular weight is 285 g/mol. The first-order chi connectivity index (χ1) is 9.40. The first kappa shape index (κ1) is 14.6. The van der Waals surface area contributed by atoms with Gasteiger partial charge in [0.2, 0.25) is 11.6 Å². The maximum Gasteiger partial charge on any atom is 0.352 e. The van der Waals surface area contributed by atoms with Crippen LogP contribution in [0.5, 0.6) is 0 Å². The predicted octanol–water partition coefficient (Wildman–Crippen LogP) is -2.40. The van der Waals surface area contributed by atoms with Gasteiger partial charge in [0.1, 0.15) is 18.0 Å². The minimum Gasteiger partial charge on any atom is -0.391 e. The summed E-state index contributed by atoms with van der Waals surface area (Å²) in [5, 5.41) is 31.2. The Kier molecular flexibility index (Phi) is 3.86. The fourth-order valence-electron chi connectivity index (χ4n) is 2.08. The zero-order valence-corrected chi connectivity index (χ0v) is 10.7. The lowest BCUT2D eigenvalue weighted by Gasteiger charge is -2.31. The zero-order chi connectivity index (χ0) is 14.9. The van der Waals surface area contributed by atoms with E-state index in [4.69, 9.17) is 4.74 Å². The maximum atomic E-state index is 11.9. The van der Waals surface area contributed by atoms with Crippen molar-refractivity contribution in [3.63, 3.8) is 0 Å². The van der Waals surface area contributed by atoms with Crippen molar-refractivity contribution in [3.8, 4) is 0 Å². The van der Waals surface area contributed by atoms with Gasteiger partial charge < -0.3 is 25.4 Å². The molecule has 1 aromatic rings. The van der Waals surface area contributed by atoms with E-state index in [2.05, 4.69) is 10.3 Å². The van der Waals surface area contributed by atoms with Crippen molar-refractivity contribution in [2.75, 3.05) is 18.5 Å². The molecule has 0 unspecified atom stereocenters. The van der Waals surface area contributed by atoms with Crippen molar-refractivity contribution in [2.24, 2.45) is 0 Å². The van der Waals surface area contributed by atoms with Gasteiger partial charge in [-0.25, -0.2) is 4.79 Å². The molecule has 0 aliphatic carbocycles. The number of aliphatic hydroxyl groups excluding tert-OH is 3. The third-order valence-corrected chi connectivity index (χ3v) is 3.07. The van der Waals surface area contributed by atoms with Crippen molar-refractivity contribution in [3.05, 3.63) is 22.7 Å². The molecule has 1 saturated heterocycles. The van der Waals surface area contributed by atoms with Gasteiger partial charge >= 0.3 is 5.69 Å². The van der Waals surface area contributed by atoms with E-state index in [0.29, 0.717) is 0 Å². The van der Waals surface area contributed by atoms with Crippen LogP contribution in [-0.4, -0.2) is 56.2 Å². The number of amides is 1. The second-order valence-corrected chi connectivity index (χ2v) is 4.47. The summed E-state index contributed by atoms with van der Waals surface area (Å²) in [5.74, 6) is -0.348. The fourth-order valence-corrected chi connectivity index (χ4v) is 2.08. The van der Waals surface area contributed by atoms with Gasteiger partial charge in [-0.2, -0.15) is 4.98 Å². The number of rotatable bonds is 3. The summed E-state index contributed by atoms with van der Waals surface area (Å²) < 4.78 is 6.08. The lowest BCUT2D eigenvalue weighted by Crippen LogP contribution is -2.53. The molecule has 0 spiro atoms. The molecule has 0 bridgehead atoms. The molecule has 2 heterocycles. The Bertz CT molecular complexity index is 574. The predicted molar refractivity (Wildman–Crippen MR) is 65.8 cm³/mol. The summed E-state index contributed by atoms with van der Waals surface area (Å²) in [6, 6.07) is 1.32. The van der Waals surface area contributed by atoms with E-state index in [9.17, 15) is 24.9 Å². The van der Waals surface area contributed by atoms with Crippen LogP contribution in [0.15, 0.2) is 17.1 Å². The summed E-state index contributed by atoms with van der Waals surface area (Å²) in [6.07, 6.45) is -1.47. The van der Waals surface area contributed by atoms with Crippen LogP contribution in [0.2, 0.25) is 0 Å². The molecule has 20 heavy (non-hydrogen) atoms. The molecule has 0 aromatic carbocycles. The van der Waals surface area contributed by atoms with Gasteiger partial charge in [-0.15, -0.1) is 0 Å². The molecule has 1 amide bonds. The van der Waals surface area contributed by atoms with Crippen LogP contribution >= 0.6 is 0 Å². The highest BCUT2D eigenvalue weighted by Gasteiger charge is 2.51. The Balaban J connectivity index is 2.42. The van der Waals surface area contributed by atoms with Crippen molar-refractivity contribution < 1.29 is 24.9 Å². The third-order valence-electron chi connectivity index (χ3n) is 3.07. The van der Waals surface area contributed by atoms with E-state index in [-0.39, 0.29) is 18.3 Å². The number of anilines is 1. The minimum atomic E-state index is -1.78. The molecule has 110 valence electrons. The van der Waals surface area contributed by atoms with E-state index >= 15 is 0 Å². The summed E-state index contributed by atoms with van der Waals surface area (Å²) in [4.78, 5) is 26.4. The number of hydrogen-bond donors (Lipinski definition) is 4. The van der Waals surface area contributed by atoms with Crippen molar-refractivity contribution in [1.29, 1.82) is 0 Å². The number of aromatic nitrogens is 2. The Morgan fingerprint density at radius 1 is 1.65 bits per heavy atom. The number of hydrogen-bond acceptors (Lipinski definition) is 7. The number of carbonyl (C=O) groups is 1. The Morgan fingerprint density at radius 2 is 2.35 bits per heavy atom. The minimum absolute atomic E-state index is 0.0416. The summed E-state index contributed by atoms with van der Waals surface area (Å²) in [5.41, 5.74) is -2.61. The quantitative estimate of drug-likeness (QED) is 0.486. The van der Waals surface area contributed by atoms with Crippen molar-refractivity contribution >= 4 is 11.7 Å². The van der Waals surface area contributed by atoms with Gasteiger partial charge in [0, 0.05) is 13.1 Å². The van der Waals surface area contributed by atoms with Crippen molar-refractivity contribution in [1.82, 2.24) is 9.55 Å². The lowest BCUT2D eigenvalue weighted by molar-refractivity contribution is -0.154. The number of nitrogens with one attached hydrogen (secondary N) is 1. The van der Waals surface area contributed by atoms with Gasteiger partial charge in [0.25, 0.3) is 0 Å². The Labute approximate surface area is 113 Å². The van der Waals surface area contributed by atoms with Crippen LogP contribution in [0.4, 0.5) is 5.82 Å². The highest BCUT2D eigenvalue weighted by atomic mass is 16.6. The molecule has 1 aliphatic heterocycles. The largest absolute Gasteiger partial charge is 0.391 e. The van der Waals surface area contributed by atoms with E-state index in [1.165, 1.54) is 19.2 Å². The van der Waals surface area contributed by atoms with E-state index in [0.717, 1.165) is 4.57 Å². The third kappa shape index (κ3) is 2.31. The molecule has 9 nitrogen and oxygen atoms in total. The van der Waals surface area contributed by atoms with Crippen LogP contribution in [0.1, 0.15) is 6.92 Å². The van der Waals surface area contributed by atoms with Gasteiger partial charge in [-0.3, -0.25) is 9.36 Å². The summed E-state index contributed by atoms with van der Waals surface area (Å²) in [7, 11) is 0. The molecule has 4 N–H and O–H groups in total. The average Bonchev–Trinajstić information content (AvgIpc) is 2.67. The normalized spacial score (nSPS) is 29.4. The zero-order valence-electron chi connectivity index (χ0n) is 10.7.